The van der Waals surface area contributed by atoms with Gasteiger partial charge in [-0.3, -0.25) is 4.79 Å². The highest BCUT2D eigenvalue weighted by atomic mass is 16.2. The summed E-state index contributed by atoms with van der Waals surface area (Å²) in [5.74, 6) is 0.603. The molecule has 2 aliphatic heterocycles. The second kappa shape index (κ2) is 4.53. The molecule has 0 saturated carbocycles. The van der Waals surface area contributed by atoms with Crippen molar-refractivity contribution in [3.63, 3.8) is 0 Å². The second-order valence-corrected chi connectivity index (χ2v) is 5.79. The molecule has 0 aromatic heterocycles. The number of hydrogen-bond donors (Lipinski definition) is 2. The highest BCUT2D eigenvalue weighted by molar-refractivity contribution is 6.02. The fourth-order valence-corrected chi connectivity index (χ4v) is 3.15. The first-order chi connectivity index (χ1) is 9.08. The van der Waals surface area contributed by atoms with Crippen molar-refractivity contribution in [1.29, 1.82) is 0 Å². The van der Waals surface area contributed by atoms with Gasteiger partial charge in [-0.1, -0.05) is 13.0 Å². The Bertz CT molecular complexity index is 514. The van der Waals surface area contributed by atoms with E-state index in [1.165, 1.54) is 18.5 Å². The van der Waals surface area contributed by atoms with Gasteiger partial charge in [-0.15, -0.1) is 0 Å². The van der Waals surface area contributed by atoms with Gasteiger partial charge in [0.05, 0.1) is 0 Å². The summed E-state index contributed by atoms with van der Waals surface area (Å²) in [6.07, 6.45) is 2.53. The van der Waals surface area contributed by atoms with Gasteiger partial charge >= 0.3 is 0 Å². The number of nitrogens with two attached hydrogens (primary N) is 1. The maximum Gasteiger partial charge on any atom is 0.245 e. The van der Waals surface area contributed by atoms with E-state index in [0.717, 1.165) is 17.8 Å². The summed E-state index contributed by atoms with van der Waals surface area (Å²) in [4.78, 5) is 14.0. The topological polar surface area (TPSA) is 58.4 Å². The molecule has 102 valence electrons. The molecule has 3 atom stereocenters. The zero-order valence-electron chi connectivity index (χ0n) is 11.5. The van der Waals surface area contributed by atoms with E-state index in [0.29, 0.717) is 12.0 Å². The van der Waals surface area contributed by atoms with Gasteiger partial charge in [0.15, 0.2) is 0 Å². The lowest BCUT2D eigenvalue weighted by Gasteiger charge is -2.39. The molecule has 19 heavy (non-hydrogen) atoms. The van der Waals surface area contributed by atoms with Crippen molar-refractivity contribution in [2.75, 3.05) is 16.8 Å². The molecule has 0 spiro atoms. The fourth-order valence-electron chi connectivity index (χ4n) is 3.15. The van der Waals surface area contributed by atoms with Crippen molar-refractivity contribution in [3.05, 3.63) is 23.8 Å². The lowest BCUT2D eigenvalue weighted by molar-refractivity contribution is -0.116. The molecule has 0 aliphatic carbocycles. The smallest absolute Gasteiger partial charge is 0.245 e. The standard InChI is InChI=1S/C15H21N3O/c1-9-4-3-7-18(10(9)2)11-5-6-12-13(8-11)17-15(19)14(12)16/h5-6,8-10,14H,3-4,7,16H2,1-2H3,(H,17,19). The van der Waals surface area contributed by atoms with E-state index in [2.05, 4.69) is 36.2 Å². The van der Waals surface area contributed by atoms with Crippen molar-refractivity contribution in [1.82, 2.24) is 0 Å². The largest absolute Gasteiger partial charge is 0.368 e. The zero-order chi connectivity index (χ0) is 13.6. The van der Waals surface area contributed by atoms with Crippen LogP contribution in [0.3, 0.4) is 0 Å². The molecule has 2 heterocycles. The Hall–Kier alpha value is -1.55. The van der Waals surface area contributed by atoms with Crippen LogP contribution in [0.15, 0.2) is 18.2 Å². The molecule has 3 N–H and O–H groups in total. The average molecular weight is 259 g/mol. The SMILES string of the molecule is CC1CCCN(c2ccc3c(c2)NC(=O)C3N)C1C. The minimum absolute atomic E-state index is 0.104. The van der Waals surface area contributed by atoms with Crippen LogP contribution in [0.5, 0.6) is 0 Å². The Labute approximate surface area is 114 Å². The average Bonchev–Trinajstić information content (AvgIpc) is 2.68. The number of hydrogen-bond acceptors (Lipinski definition) is 3. The molecule has 0 radical (unpaired) electrons. The molecule has 1 saturated heterocycles. The second-order valence-electron chi connectivity index (χ2n) is 5.79. The summed E-state index contributed by atoms with van der Waals surface area (Å²) in [5.41, 5.74) is 8.81. The number of amides is 1. The number of nitrogens with zero attached hydrogens (tertiary/aromatic N) is 1. The number of rotatable bonds is 1. The highest BCUT2D eigenvalue weighted by Crippen LogP contribution is 2.35. The molecule has 0 bridgehead atoms. The summed E-state index contributed by atoms with van der Waals surface area (Å²) in [7, 11) is 0. The zero-order valence-corrected chi connectivity index (χ0v) is 11.5. The minimum Gasteiger partial charge on any atom is -0.368 e. The van der Waals surface area contributed by atoms with Gasteiger partial charge < -0.3 is 16.0 Å². The molecule has 1 fully saturated rings. The molecule has 2 aliphatic rings. The first-order valence-corrected chi connectivity index (χ1v) is 7.05. The van der Waals surface area contributed by atoms with Gasteiger partial charge in [-0.25, -0.2) is 0 Å². The molecule has 4 nitrogen and oxygen atoms in total. The molecular weight excluding hydrogens is 238 g/mol. The van der Waals surface area contributed by atoms with Crippen LogP contribution in [0, 0.1) is 5.92 Å². The first kappa shape index (κ1) is 12.5. The number of carbonyl (C=O) groups excluding carboxylic acids is 1. The van der Waals surface area contributed by atoms with Crippen molar-refractivity contribution in [2.45, 2.75) is 38.8 Å². The summed E-state index contributed by atoms with van der Waals surface area (Å²) in [6, 6.07) is 6.17. The first-order valence-electron chi connectivity index (χ1n) is 7.05. The van der Waals surface area contributed by atoms with Crippen molar-refractivity contribution < 1.29 is 4.79 Å². The van der Waals surface area contributed by atoms with Crippen molar-refractivity contribution in [2.24, 2.45) is 11.7 Å². The van der Waals surface area contributed by atoms with Gasteiger partial charge in [-0.2, -0.15) is 0 Å². The van der Waals surface area contributed by atoms with Gasteiger partial charge in [0.1, 0.15) is 6.04 Å². The lowest BCUT2D eigenvalue weighted by atomic mass is 9.91. The maximum absolute atomic E-state index is 11.6. The van der Waals surface area contributed by atoms with Crippen molar-refractivity contribution in [3.8, 4) is 0 Å². The van der Waals surface area contributed by atoms with Gasteiger partial charge in [0, 0.05) is 29.5 Å². The fraction of sp³-hybridized carbons (Fsp3) is 0.533. The Morgan fingerprint density at radius 3 is 2.95 bits per heavy atom. The van der Waals surface area contributed by atoms with Crippen LogP contribution in [-0.4, -0.2) is 18.5 Å². The molecule has 3 rings (SSSR count). The third-order valence-electron chi connectivity index (χ3n) is 4.62. The van der Waals surface area contributed by atoms with E-state index in [-0.39, 0.29) is 5.91 Å². The van der Waals surface area contributed by atoms with Gasteiger partial charge in [-0.05, 0) is 37.8 Å². The van der Waals surface area contributed by atoms with Crippen LogP contribution in [0.2, 0.25) is 0 Å². The van der Waals surface area contributed by atoms with Gasteiger partial charge in [0.25, 0.3) is 0 Å². The van der Waals surface area contributed by atoms with Crippen LogP contribution < -0.4 is 16.0 Å². The van der Waals surface area contributed by atoms with Crippen LogP contribution in [0.4, 0.5) is 11.4 Å². The monoisotopic (exact) mass is 259 g/mol. The number of piperidine rings is 1. The predicted molar refractivity (Wildman–Crippen MR) is 77.2 cm³/mol. The normalized spacial score (nSPS) is 30.2. The van der Waals surface area contributed by atoms with Gasteiger partial charge in [0.2, 0.25) is 5.91 Å². The predicted octanol–water partition coefficient (Wildman–Crippen LogP) is 2.26. The highest BCUT2D eigenvalue weighted by Gasteiger charge is 2.29. The van der Waals surface area contributed by atoms with Crippen LogP contribution in [0.25, 0.3) is 0 Å². The van der Waals surface area contributed by atoms with E-state index in [4.69, 9.17) is 5.73 Å². The molecule has 1 aromatic rings. The molecule has 4 heteroatoms. The van der Waals surface area contributed by atoms with E-state index in [1.54, 1.807) is 0 Å². The summed E-state index contributed by atoms with van der Waals surface area (Å²) < 4.78 is 0. The van der Waals surface area contributed by atoms with E-state index < -0.39 is 6.04 Å². The summed E-state index contributed by atoms with van der Waals surface area (Å²) in [5, 5.41) is 2.86. The van der Waals surface area contributed by atoms with E-state index >= 15 is 0 Å². The number of nitrogens with one attached hydrogen (secondary N) is 1. The van der Waals surface area contributed by atoms with Crippen LogP contribution >= 0.6 is 0 Å². The maximum atomic E-state index is 11.6. The third kappa shape index (κ3) is 2.00. The van der Waals surface area contributed by atoms with Crippen LogP contribution in [-0.2, 0) is 4.79 Å². The molecule has 3 unspecified atom stereocenters. The number of carbonyl (C=O) groups is 1. The number of fused-ring (bicyclic) bond motifs is 1. The number of benzene rings is 1. The molecule has 1 amide bonds. The quantitative estimate of drug-likeness (QED) is 0.813. The summed E-state index contributed by atoms with van der Waals surface area (Å²) in [6.45, 7) is 5.67. The van der Waals surface area contributed by atoms with E-state index in [9.17, 15) is 4.79 Å². The Morgan fingerprint density at radius 1 is 1.37 bits per heavy atom. The Kier molecular flexibility index (Phi) is 2.97. The molecule has 1 aromatic carbocycles. The van der Waals surface area contributed by atoms with E-state index in [1.807, 2.05) is 6.07 Å². The number of anilines is 2. The minimum atomic E-state index is -0.512. The van der Waals surface area contributed by atoms with Crippen molar-refractivity contribution >= 4 is 17.3 Å². The Balaban J connectivity index is 1.91. The summed E-state index contributed by atoms with van der Waals surface area (Å²) >= 11 is 0. The van der Waals surface area contributed by atoms with Crippen LogP contribution in [0.1, 0.15) is 38.3 Å². The lowest BCUT2D eigenvalue weighted by Crippen LogP contribution is -2.42. The third-order valence-corrected chi connectivity index (χ3v) is 4.62. The Morgan fingerprint density at radius 2 is 2.16 bits per heavy atom. The molecular formula is C15H21N3O.